The van der Waals surface area contributed by atoms with Crippen LogP contribution < -0.4 is 9.47 Å². The van der Waals surface area contributed by atoms with Crippen LogP contribution in [0.25, 0.3) is 0 Å². The Morgan fingerprint density at radius 2 is 0.818 bits per heavy atom. The van der Waals surface area contributed by atoms with Gasteiger partial charge in [0.25, 0.3) is 0 Å². The molecule has 0 fully saturated rings. The molecule has 0 aliphatic rings. The fraction of sp³-hybridized carbons (Fsp3) is 0.500. The van der Waals surface area contributed by atoms with E-state index in [1.807, 2.05) is 24.3 Å². The molecule has 0 heterocycles. The van der Waals surface area contributed by atoms with Crippen LogP contribution in [-0.2, 0) is 21.7 Å². The van der Waals surface area contributed by atoms with Crippen molar-refractivity contribution in [1.82, 2.24) is 0 Å². The van der Waals surface area contributed by atoms with Crippen molar-refractivity contribution in [3.63, 3.8) is 0 Å². The van der Waals surface area contributed by atoms with E-state index in [-0.39, 0.29) is 32.8 Å². The van der Waals surface area contributed by atoms with Gasteiger partial charge in [-0.05, 0) is 82.7 Å². The normalized spacial score (nSPS) is 12.6. The average molecular weight is 599 g/mol. The van der Waals surface area contributed by atoms with Gasteiger partial charge in [0, 0.05) is 11.1 Å². The zero-order chi connectivity index (χ0) is 33.1. The van der Waals surface area contributed by atoms with Gasteiger partial charge in [-0.25, -0.2) is 9.59 Å². The summed E-state index contributed by atoms with van der Waals surface area (Å²) in [7, 11) is 0. The lowest BCUT2D eigenvalue weighted by molar-refractivity contribution is 0.0688. The molecule has 4 nitrogen and oxygen atoms in total. The highest BCUT2D eigenvalue weighted by molar-refractivity contribution is 6.04. The third kappa shape index (κ3) is 7.45. The number of hydrogen-bond donors (Lipinski definition) is 0. The molecular weight excluding hydrogens is 544 g/mol. The van der Waals surface area contributed by atoms with Crippen molar-refractivity contribution in [2.75, 3.05) is 0 Å². The molecule has 44 heavy (non-hydrogen) atoms. The van der Waals surface area contributed by atoms with Gasteiger partial charge in [0.1, 0.15) is 11.5 Å². The number of ether oxygens (including phenoxy) is 2. The summed E-state index contributed by atoms with van der Waals surface area (Å²) in [5.74, 6) is -0.131. The molecular formula is C40H54O4. The Kier molecular flexibility index (Phi) is 10.6. The predicted molar refractivity (Wildman–Crippen MR) is 183 cm³/mol. The molecule has 0 spiro atoms. The van der Waals surface area contributed by atoms with Crippen molar-refractivity contribution in [3.8, 4) is 11.5 Å². The predicted octanol–water partition coefficient (Wildman–Crippen LogP) is 10.9. The smallest absolute Gasteiger partial charge is 0.344 e. The monoisotopic (exact) mass is 598 g/mol. The quantitative estimate of drug-likeness (QED) is 0.154. The van der Waals surface area contributed by atoms with E-state index in [2.05, 4.69) is 95.2 Å². The van der Waals surface area contributed by atoms with Gasteiger partial charge in [0.05, 0.1) is 11.1 Å². The number of benzene rings is 3. The Bertz CT molecular complexity index is 1380. The Labute approximate surface area is 266 Å². The lowest BCUT2D eigenvalue weighted by atomic mass is 9.76. The number of carbonyl (C=O) groups is 2. The van der Waals surface area contributed by atoms with Crippen LogP contribution in [0.15, 0.2) is 60.7 Å². The summed E-state index contributed by atoms with van der Waals surface area (Å²) >= 11 is 0. The van der Waals surface area contributed by atoms with Crippen LogP contribution in [0.1, 0.15) is 152 Å². The Hall–Kier alpha value is -3.40. The van der Waals surface area contributed by atoms with E-state index >= 15 is 0 Å². The van der Waals surface area contributed by atoms with E-state index in [1.54, 1.807) is 24.3 Å². The zero-order valence-corrected chi connectivity index (χ0v) is 29.2. The molecule has 0 atom stereocenters. The Morgan fingerprint density at radius 3 is 1.11 bits per heavy atom. The maximum Gasteiger partial charge on any atom is 0.344 e. The van der Waals surface area contributed by atoms with Gasteiger partial charge in [-0.15, -0.1) is 0 Å². The number of esters is 2. The second kappa shape index (κ2) is 13.3. The van der Waals surface area contributed by atoms with Gasteiger partial charge >= 0.3 is 11.9 Å². The molecule has 3 rings (SSSR count). The second-order valence-corrected chi connectivity index (χ2v) is 14.7. The number of rotatable bonds is 12. The lowest BCUT2D eigenvalue weighted by Gasteiger charge is -2.30. The van der Waals surface area contributed by atoms with Crippen LogP contribution >= 0.6 is 0 Å². The minimum Gasteiger partial charge on any atom is -0.423 e. The highest BCUT2D eigenvalue weighted by Crippen LogP contribution is 2.40. The third-order valence-electron chi connectivity index (χ3n) is 10.3. The van der Waals surface area contributed by atoms with Gasteiger partial charge in [-0.2, -0.15) is 0 Å². The molecule has 238 valence electrons. The standard InChI is InChI=1S/C40H54O4/c1-13-37(5,6)27-21-23-33(31(25-27)39(9,10)15-3)43-35(41)29-19-17-18-20-30(29)36(42)44-34-24-22-28(38(7,8)14-2)26-32(34)40(11,12)16-4/h17-26H,13-16H2,1-12H3. The molecule has 3 aromatic rings. The van der Waals surface area contributed by atoms with Gasteiger partial charge < -0.3 is 9.47 Å². The topological polar surface area (TPSA) is 52.6 Å². The maximum atomic E-state index is 13.7. The molecule has 4 heteroatoms. The van der Waals surface area contributed by atoms with E-state index in [0.29, 0.717) is 11.5 Å². The molecule has 0 aromatic heterocycles. The lowest BCUT2D eigenvalue weighted by Crippen LogP contribution is -2.24. The minimum absolute atomic E-state index is 0.00679. The van der Waals surface area contributed by atoms with Gasteiger partial charge in [0.2, 0.25) is 0 Å². The molecule has 0 N–H and O–H groups in total. The van der Waals surface area contributed by atoms with E-state index in [0.717, 1.165) is 36.8 Å². The molecule has 0 unspecified atom stereocenters. The van der Waals surface area contributed by atoms with Crippen molar-refractivity contribution in [1.29, 1.82) is 0 Å². The molecule has 0 aliphatic heterocycles. The van der Waals surface area contributed by atoms with Crippen molar-refractivity contribution in [2.45, 2.75) is 130 Å². The zero-order valence-electron chi connectivity index (χ0n) is 29.2. The SMILES string of the molecule is CCC(C)(C)c1ccc(OC(=O)c2ccccc2C(=O)Oc2ccc(C(C)(C)CC)cc2C(C)(C)CC)c(C(C)(C)CC)c1. The van der Waals surface area contributed by atoms with Crippen LogP contribution in [0.2, 0.25) is 0 Å². The molecule has 0 amide bonds. The molecule has 0 radical (unpaired) electrons. The minimum atomic E-state index is -0.581. The molecule has 0 saturated carbocycles. The second-order valence-electron chi connectivity index (χ2n) is 14.7. The summed E-state index contributed by atoms with van der Waals surface area (Å²) in [6.45, 7) is 26.2. The Balaban J connectivity index is 2.01. The van der Waals surface area contributed by atoms with Crippen LogP contribution in [-0.4, -0.2) is 11.9 Å². The van der Waals surface area contributed by atoms with Crippen molar-refractivity contribution in [3.05, 3.63) is 94.0 Å². The average Bonchev–Trinajstić information content (AvgIpc) is 3.00. The first kappa shape index (κ1) is 35.1. The first-order valence-electron chi connectivity index (χ1n) is 16.3. The summed E-state index contributed by atoms with van der Waals surface area (Å²) in [6.07, 6.45) is 3.73. The molecule has 0 saturated heterocycles. The summed E-state index contributed by atoms with van der Waals surface area (Å²) in [5, 5.41) is 0. The summed E-state index contributed by atoms with van der Waals surface area (Å²) in [5.41, 5.74) is 4.29. The first-order chi connectivity index (χ1) is 20.4. The maximum absolute atomic E-state index is 13.7. The van der Waals surface area contributed by atoms with Crippen LogP contribution in [0.4, 0.5) is 0 Å². The van der Waals surface area contributed by atoms with Crippen LogP contribution in [0.3, 0.4) is 0 Å². The summed E-state index contributed by atoms with van der Waals surface area (Å²) < 4.78 is 12.2. The van der Waals surface area contributed by atoms with Gasteiger partial charge in [-0.3, -0.25) is 0 Å². The highest BCUT2D eigenvalue weighted by atomic mass is 16.5. The number of hydrogen-bond acceptors (Lipinski definition) is 4. The van der Waals surface area contributed by atoms with E-state index in [1.165, 1.54) is 11.1 Å². The summed E-state index contributed by atoms with van der Waals surface area (Å²) in [6, 6.07) is 19.0. The fourth-order valence-corrected chi connectivity index (χ4v) is 5.08. The van der Waals surface area contributed by atoms with E-state index in [9.17, 15) is 9.59 Å². The van der Waals surface area contributed by atoms with E-state index in [4.69, 9.17) is 9.47 Å². The van der Waals surface area contributed by atoms with Crippen LogP contribution in [0.5, 0.6) is 11.5 Å². The van der Waals surface area contributed by atoms with Crippen molar-refractivity contribution in [2.24, 2.45) is 0 Å². The van der Waals surface area contributed by atoms with Crippen LogP contribution in [0, 0.1) is 0 Å². The first-order valence-corrected chi connectivity index (χ1v) is 16.3. The molecule has 0 aliphatic carbocycles. The van der Waals surface area contributed by atoms with Crippen molar-refractivity contribution < 1.29 is 19.1 Å². The summed E-state index contributed by atoms with van der Waals surface area (Å²) in [4.78, 5) is 27.5. The van der Waals surface area contributed by atoms with Gasteiger partial charge in [-0.1, -0.05) is 119 Å². The largest absolute Gasteiger partial charge is 0.423 e. The Morgan fingerprint density at radius 1 is 0.500 bits per heavy atom. The van der Waals surface area contributed by atoms with Crippen molar-refractivity contribution >= 4 is 11.9 Å². The highest BCUT2D eigenvalue weighted by Gasteiger charge is 2.31. The number of carbonyl (C=O) groups excluding carboxylic acids is 2. The van der Waals surface area contributed by atoms with Gasteiger partial charge in [0.15, 0.2) is 0 Å². The molecule has 0 bridgehead atoms. The third-order valence-corrected chi connectivity index (χ3v) is 10.3. The fourth-order valence-electron chi connectivity index (χ4n) is 5.08. The molecule has 3 aromatic carbocycles. The van der Waals surface area contributed by atoms with E-state index < -0.39 is 11.9 Å².